The van der Waals surface area contributed by atoms with Crippen LogP contribution in [-0.2, 0) is 11.3 Å². The van der Waals surface area contributed by atoms with Crippen molar-refractivity contribution in [3.8, 4) is 11.5 Å². The number of amides is 1. The van der Waals surface area contributed by atoms with Crippen molar-refractivity contribution >= 4 is 32.6 Å². The van der Waals surface area contributed by atoms with Gasteiger partial charge in [0.2, 0.25) is 5.91 Å². The van der Waals surface area contributed by atoms with Gasteiger partial charge in [-0.15, -0.1) is 0 Å². The van der Waals surface area contributed by atoms with Crippen molar-refractivity contribution in [1.82, 2.24) is 14.5 Å². The third kappa shape index (κ3) is 3.95. The molecule has 0 spiro atoms. The van der Waals surface area contributed by atoms with Crippen LogP contribution in [0.3, 0.4) is 0 Å². The Morgan fingerprint density at radius 3 is 2.44 bits per heavy atom. The summed E-state index contributed by atoms with van der Waals surface area (Å²) in [6, 6.07) is 19.9. The predicted octanol–water partition coefficient (Wildman–Crippen LogP) is 6.47. The average molecular weight is 495 g/mol. The second kappa shape index (κ2) is 9.24. The molecule has 1 aliphatic rings. The van der Waals surface area contributed by atoms with E-state index in [0.29, 0.717) is 6.54 Å². The Kier molecular flexibility index (Phi) is 5.77. The molecule has 3 heterocycles. The zero-order valence-corrected chi connectivity index (χ0v) is 21.0. The van der Waals surface area contributed by atoms with E-state index >= 15 is 0 Å². The number of carbonyl (C=O) groups is 1. The molecule has 0 saturated heterocycles. The molecule has 1 amide bonds. The van der Waals surface area contributed by atoms with Crippen molar-refractivity contribution in [3.05, 3.63) is 102 Å². The average Bonchev–Trinajstić information content (AvgIpc) is 3.57. The maximum Gasteiger partial charge on any atom is 0.241 e. The van der Waals surface area contributed by atoms with E-state index in [1.54, 1.807) is 23.9 Å². The van der Waals surface area contributed by atoms with Gasteiger partial charge >= 0.3 is 0 Å². The number of aryl methyl sites for hydroxylation is 3. The molecule has 36 heavy (non-hydrogen) atoms. The molecular weight excluding hydrogens is 468 g/mol. The van der Waals surface area contributed by atoms with Crippen molar-refractivity contribution in [2.24, 2.45) is 0 Å². The minimum absolute atomic E-state index is 0.0114. The molecule has 0 bridgehead atoms. The molecule has 0 fully saturated rings. The molecule has 0 unspecified atom stereocenters. The summed E-state index contributed by atoms with van der Waals surface area (Å²) in [5.41, 5.74) is 5.09. The van der Waals surface area contributed by atoms with Crippen molar-refractivity contribution in [2.45, 2.75) is 32.7 Å². The predicted molar refractivity (Wildman–Crippen MR) is 143 cm³/mol. The second-order valence-corrected chi connectivity index (χ2v) is 10.1. The molecule has 6 rings (SSSR count). The van der Waals surface area contributed by atoms with Gasteiger partial charge in [0.05, 0.1) is 22.5 Å². The number of imidazole rings is 1. The molecule has 0 N–H and O–H groups in total. The van der Waals surface area contributed by atoms with Gasteiger partial charge in [-0.2, -0.15) is 0 Å². The number of fused-ring (bicyclic) bond motifs is 3. The normalized spacial score (nSPS) is 12.7. The lowest BCUT2D eigenvalue weighted by Gasteiger charge is -2.31. The van der Waals surface area contributed by atoms with Gasteiger partial charge in [0, 0.05) is 36.6 Å². The summed E-state index contributed by atoms with van der Waals surface area (Å²) in [4.78, 5) is 25.5. The molecule has 1 aliphatic heterocycles. The van der Waals surface area contributed by atoms with Gasteiger partial charge in [0.15, 0.2) is 5.13 Å². The molecule has 0 radical (unpaired) electrons. The second-order valence-electron chi connectivity index (χ2n) is 9.11. The number of anilines is 1. The van der Waals surface area contributed by atoms with Gasteiger partial charge < -0.3 is 9.30 Å². The van der Waals surface area contributed by atoms with E-state index in [4.69, 9.17) is 9.72 Å². The molecule has 0 atom stereocenters. The molecule has 7 heteroatoms. The molecule has 2 aromatic heterocycles. The van der Waals surface area contributed by atoms with Gasteiger partial charge in [0.1, 0.15) is 11.5 Å². The highest BCUT2D eigenvalue weighted by atomic mass is 32.1. The largest absolute Gasteiger partial charge is 0.457 e. The minimum atomic E-state index is -0.464. The first-order valence-electron chi connectivity index (χ1n) is 12.1. The first-order valence-corrected chi connectivity index (χ1v) is 12.9. The van der Waals surface area contributed by atoms with Gasteiger partial charge in [-0.3, -0.25) is 9.69 Å². The summed E-state index contributed by atoms with van der Waals surface area (Å²) in [6.07, 6.45) is 6.31. The number of nitrogens with zero attached hydrogens (tertiary/aromatic N) is 4. The molecule has 5 aromatic rings. The van der Waals surface area contributed by atoms with Gasteiger partial charge in [-0.25, -0.2) is 9.97 Å². The van der Waals surface area contributed by atoms with Crippen LogP contribution in [0.5, 0.6) is 11.5 Å². The van der Waals surface area contributed by atoms with Gasteiger partial charge in [-0.1, -0.05) is 53.8 Å². The zero-order chi connectivity index (χ0) is 24.6. The summed E-state index contributed by atoms with van der Waals surface area (Å²) in [5, 5.41) is 0.732. The minimum Gasteiger partial charge on any atom is -0.457 e. The van der Waals surface area contributed by atoms with Crippen LogP contribution in [0.25, 0.3) is 10.2 Å². The van der Waals surface area contributed by atoms with Crippen LogP contribution in [0.4, 0.5) is 5.13 Å². The fourth-order valence-corrected chi connectivity index (χ4v) is 5.85. The molecular formula is C29H26N4O2S. The SMILES string of the molecule is Cc1ccc2sc(N(CCCn3ccnc3)C(=O)C3c4ccccc4Oc4ccccc43)nc2c1C. The zero-order valence-electron chi connectivity index (χ0n) is 20.2. The maximum absolute atomic E-state index is 14.5. The highest BCUT2D eigenvalue weighted by Crippen LogP contribution is 2.45. The number of rotatable bonds is 6. The molecule has 6 nitrogen and oxygen atoms in total. The van der Waals surface area contributed by atoms with E-state index < -0.39 is 5.92 Å². The van der Waals surface area contributed by atoms with E-state index in [1.807, 2.05) is 64.2 Å². The Balaban J connectivity index is 1.42. The molecule has 0 saturated carbocycles. The van der Waals surface area contributed by atoms with Crippen molar-refractivity contribution in [3.63, 3.8) is 0 Å². The van der Waals surface area contributed by atoms with Crippen LogP contribution in [0.2, 0.25) is 0 Å². The van der Waals surface area contributed by atoms with Gasteiger partial charge in [0.25, 0.3) is 0 Å². The number of ether oxygens (including phenoxy) is 1. The Labute approximate surface area is 213 Å². The number of aromatic nitrogens is 3. The van der Waals surface area contributed by atoms with Gasteiger partial charge in [-0.05, 0) is 49.6 Å². The standard InChI is InChI=1S/C29H26N4O2S/c1-19-12-13-25-27(20(19)2)31-29(36-25)33(16-7-15-32-17-14-30-18-32)28(34)26-21-8-3-5-10-23(21)35-24-11-6-4-9-22(24)26/h3-6,8-14,17-18,26H,7,15-16H2,1-2H3. The Morgan fingerprint density at radius 2 is 1.75 bits per heavy atom. The third-order valence-corrected chi connectivity index (χ3v) is 7.90. The topological polar surface area (TPSA) is 60.2 Å². The summed E-state index contributed by atoms with van der Waals surface area (Å²) < 4.78 is 9.28. The Hall–Kier alpha value is -3.97. The van der Waals surface area contributed by atoms with E-state index in [2.05, 4.69) is 31.0 Å². The number of hydrogen-bond donors (Lipinski definition) is 0. The van der Waals surface area contributed by atoms with Crippen LogP contribution in [0.15, 0.2) is 79.4 Å². The number of benzene rings is 3. The fourth-order valence-electron chi connectivity index (χ4n) is 4.79. The highest BCUT2D eigenvalue weighted by molar-refractivity contribution is 7.22. The van der Waals surface area contributed by atoms with Crippen molar-refractivity contribution in [1.29, 1.82) is 0 Å². The lowest BCUT2D eigenvalue weighted by atomic mass is 9.87. The summed E-state index contributed by atoms with van der Waals surface area (Å²) >= 11 is 1.57. The quantitative estimate of drug-likeness (QED) is 0.271. The first kappa shape index (κ1) is 22.5. The van der Waals surface area contributed by atoms with E-state index in [9.17, 15) is 4.79 Å². The molecule has 0 aliphatic carbocycles. The first-order chi connectivity index (χ1) is 17.6. The fraction of sp³-hybridized carbons (Fsp3) is 0.207. The Morgan fingerprint density at radius 1 is 1.03 bits per heavy atom. The van der Waals surface area contributed by atoms with E-state index in [0.717, 1.165) is 56.5 Å². The third-order valence-electron chi connectivity index (χ3n) is 6.85. The molecule has 180 valence electrons. The summed E-state index contributed by atoms with van der Waals surface area (Å²) in [7, 11) is 0. The number of para-hydroxylation sites is 2. The van der Waals surface area contributed by atoms with Crippen molar-refractivity contribution < 1.29 is 9.53 Å². The van der Waals surface area contributed by atoms with Crippen LogP contribution in [0.1, 0.15) is 34.6 Å². The van der Waals surface area contributed by atoms with E-state index in [1.165, 1.54) is 5.56 Å². The molecule has 3 aromatic carbocycles. The Bertz CT molecular complexity index is 1510. The van der Waals surface area contributed by atoms with Crippen LogP contribution < -0.4 is 9.64 Å². The summed E-state index contributed by atoms with van der Waals surface area (Å²) in [6.45, 7) is 5.51. The van der Waals surface area contributed by atoms with Crippen LogP contribution in [0, 0.1) is 13.8 Å². The number of hydrogen-bond acceptors (Lipinski definition) is 5. The number of carbonyl (C=O) groups excluding carboxylic acids is 1. The highest BCUT2D eigenvalue weighted by Gasteiger charge is 2.36. The smallest absolute Gasteiger partial charge is 0.241 e. The van der Waals surface area contributed by atoms with Crippen LogP contribution >= 0.6 is 11.3 Å². The van der Waals surface area contributed by atoms with Crippen molar-refractivity contribution in [2.75, 3.05) is 11.4 Å². The van der Waals surface area contributed by atoms with E-state index in [-0.39, 0.29) is 5.91 Å². The lowest BCUT2D eigenvalue weighted by molar-refractivity contribution is -0.119. The summed E-state index contributed by atoms with van der Waals surface area (Å²) in [5.74, 6) is 0.999. The van der Waals surface area contributed by atoms with Crippen LogP contribution in [-0.4, -0.2) is 27.0 Å². The lowest BCUT2D eigenvalue weighted by Crippen LogP contribution is -2.37. The number of thiazole rings is 1. The monoisotopic (exact) mass is 494 g/mol. The maximum atomic E-state index is 14.5.